The van der Waals surface area contributed by atoms with Crippen LogP contribution in [0.5, 0.6) is 0 Å². The number of pyridine rings is 1. The fraction of sp³-hybridized carbons (Fsp3) is 0.571. The van der Waals surface area contributed by atoms with Gasteiger partial charge in [0.15, 0.2) is 5.65 Å². The minimum Gasteiger partial charge on any atom is -0.310 e. The van der Waals surface area contributed by atoms with Gasteiger partial charge in [0.05, 0.1) is 6.20 Å². The first kappa shape index (κ1) is 11.7. The summed E-state index contributed by atoms with van der Waals surface area (Å²) in [6.07, 6.45) is 6.53. The molecule has 4 nitrogen and oxygen atoms in total. The number of nitrogens with zero attached hydrogens (tertiary/aromatic N) is 3. The maximum absolute atomic E-state index is 4.55. The second kappa shape index (κ2) is 4.69. The van der Waals surface area contributed by atoms with Crippen LogP contribution in [-0.2, 0) is 13.1 Å². The summed E-state index contributed by atoms with van der Waals surface area (Å²) in [7, 11) is 0. The zero-order valence-electron chi connectivity index (χ0n) is 11.1. The lowest BCUT2D eigenvalue weighted by atomic mass is 10.2. The molecule has 0 aromatic carbocycles. The molecular weight excluding hydrogens is 224 g/mol. The van der Waals surface area contributed by atoms with Crippen molar-refractivity contribution in [3.63, 3.8) is 0 Å². The monoisotopic (exact) mass is 244 g/mol. The molecule has 0 bridgehead atoms. The van der Waals surface area contributed by atoms with E-state index in [2.05, 4.69) is 35.3 Å². The molecule has 2 aromatic rings. The van der Waals surface area contributed by atoms with Crippen molar-refractivity contribution in [2.45, 2.75) is 45.8 Å². The van der Waals surface area contributed by atoms with Crippen LogP contribution < -0.4 is 5.32 Å². The largest absolute Gasteiger partial charge is 0.310 e. The first-order valence-electron chi connectivity index (χ1n) is 6.76. The summed E-state index contributed by atoms with van der Waals surface area (Å²) in [5, 5.41) is 9.07. The van der Waals surface area contributed by atoms with E-state index in [-0.39, 0.29) is 0 Å². The zero-order chi connectivity index (χ0) is 12.5. The Morgan fingerprint density at radius 3 is 2.94 bits per heavy atom. The number of rotatable bonds is 5. The van der Waals surface area contributed by atoms with E-state index in [9.17, 15) is 0 Å². The molecule has 2 heterocycles. The van der Waals surface area contributed by atoms with Crippen LogP contribution in [0.2, 0.25) is 0 Å². The molecule has 0 spiro atoms. The highest BCUT2D eigenvalue weighted by Gasteiger charge is 2.20. The van der Waals surface area contributed by atoms with Crippen molar-refractivity contribution in [3.05, 3.63) is 24.0 Å². The third-order valence-electron chi connectivity index (χ3n) is 3.24. The fourth-order valence-electron chi connectivity index (χ4n) is 2.14. The summed E-state index contributed by atoms with van der Waals surface area (Å²) in [4.78, 5) is 4.55. The number of hydrogen-bond acceptors (Lipinski definition) is 3. The lowest BCUT2D eigenvalue weighted by molar-refractivity contribution is 0.492. The van der Waals surface area contributed by atoms with Crippen LogP contribution in [0.3, 0.4) is 0 Å². The number of nitrogens with one attached hydrogen (secondary N) is 1. The Morgan fingerprint density at radius 1 is 1.39 bits per heavy atom. The van der Waals surface area contributed by atoms with Gasteiger partial charge in [0.2, 0.25) is 0 Å². The summed E-state index contributed by atoms with van der Waals surface area (Å²) in [5.74, 6) is 0.589. The van der Waals surface area contributed by atoms with Crippen LogP contribution in [0.4, 0.5) is 0 Å². The van der Waals surface area contributed by atoms with Gasteiger partial charge in [0.25, 0.3) is 0 Å². The van der Waals surface area contributed by atoms with Crippen molar-refractivity contribution in [3.8, 4) is 0 Å². The van der Waals surface area contributed by atoms with Gasteiger partial charge in [-0.3, -0.25) is 0 Å². The molecule has 1 fully saturated rings. The topological polar surface area (TPSA) is 42.7 Å². The van der Waals surface area contributed by atoms with Gasteiger partial charge in [-0.05, 0) is 30.4 Å². The van der Waals surface area contributed by atoms with Crippen LogP contribution in [-0.4, -0.2) is 20.8 Å². The highest BCUT2D eigenvalue weighted by molar-refractivity contribution is 5.74. The Balaban J connectivity index is 1.79. The first-order valence-corrected chi connectivity index (χ1v) is 6.76. The number of aromatic nitrogens is 3. The van der Waals surface area contributed by atoms with Crippen molar-refractivity contribution < 1.29 is 0 Å². The summed E-state index contributed by atoms with van der Waals surface area (Å²) in [6, 6.07) is 2.94. The molecule has 18 heavy (non-hydrogen) atoms. The fourth-order valence-corrected chi connectivity index (χ4v) is 2.14. The van der Waals surface area contributed by atoms with E-state index in [1.54, 1.807) is 0 Å². The normalized spacial score (nSPS) is 15.7. The second-order valence-corrected chi connectivity index (χ2v) is 5.63. The molecule has 96 valence electrons. The zero-order valence-corrected chi connectivity index (χ0v) is 11.1. The predicted octanol–water partition coefficient (Wildman–Crippen LogP) is 2.34. The summed E-state index contributed by atoms with van der Waals surface area (Å²) < 4.78 is 2.00. The van der Waals surface area contributed by atoms with Crippen LogP contribution in [0.15, 0.2) is 18.5 Å². The van der Waals surface area contributed by atoms with Gasteiger partial charge in [-0.2, -0.15) is 5.10 Å². The van der Waals surface area contributed by atoms with E-state index in [1.807, 2.05) is 17.1 Å². The van der Waals surface area contributed by atoms with Gasteiger partial charge in [0.1, 0.15) is 0 Å². The van der Waals surface area contributed by atoms with Crippen molar-refractivity contribution in [1.29, 1.82) is 0 Å². The second-order valence-electron chi connectivity index (χ2n) is 5.63. The summed E-state index contributed by atoms with van der Waals surface area (Å²) in [5.41, 5.74) is 2.25. The van der Waals surface area contributed by atoms with E-state index in [0.717, 1.165) is 30.2 Å². The van der Waals surface area contributed by atoms with Gasteiger partial charge < -0.3 is 5.32 Å². The van der Waals surface area contributed by atoms with E-state index in [0.29, 0.717) is 5.92 Å². The van der Waals surface area contributed by atoms with E-state index in [1.165, 1.54) is 18.4 Å². The summed E-state index contributed by atoms with van der Waals surface area (Å²) in [6.45, 7) is 6.24. The van der Waals surface area contributed by atoms with Crippen molar-refractivity contribution in [1.82, 2.24) is 20.1 Å². The molecule has 0 atom stereocenters. The van der Waals surface area contributed by atoms with Crippen molar-refractivity contribution in [2.24, 2.45) is 5.92 Å². The quantitative estimate of drug-likeness (QED) is 0.878. The third-order valence-corrected chi connectivity index (χ3v) is 3.24. The van der Waals surface area contributed by atoms with Crippen LogP contribution in [0, 0.1) is 5.92 Å². The van der Waals surface area contributed by atoms with Crippen molar-refractivity contribution in [2.75, 3.05) is 0 Å². The molecule has 3 rings (SSSR count). The summed E-state index contributed by atoms with van der Waals surface area (Å²) >= 11 is 0. The van der Waals surface area contributed by atoms with Gasteiger partial charge in [-0.25, -0.2) is 9.67 Å². The Morgan fingerprint density at radius 2 is 2.22 bits per heavy atom. The van der Waals surface area contributed by atoms with Crippen LogP contribution in [0.25, 0.3) is 11.0 Å². The smallest absolute Gasteiger partial charge is 0.157 e. The average Bonchev–Trinajstić information content (AvgIpc) is 3.09. The molecule has 1 aliphatic carbocycles. The van der Waals surface area contributed by atoms with Crippen molar-refractivity contribution >= 4 is 11.0 Å². The minimum atomic E-state index is 0.589. The van der Waals surface area contributed by atoms with Gasteiger partial charge in [0, 0.05) is 30.7 Å². The predicted molar refractivity (Wildman–Crippen MR) is 72.2 cm³/mol. The number of hydrogen-bond donors (Lipinski definition) is 1. The Hall–Kier alpha value is -1.42. The molecule has 0 unspecified atom stereocenters. The Bertz CT molecular complexity index is 540. The first-order chi connectivity index (χ1) is 8.72. The molecule has 4 heteroatoms. The Kier molecular flexibility index (Phi) is 3.04. The van der Waals surface area contributed by atoms with E-state index >= 15 is 0 Å². The van der Waals surface area contributed by atoms with Gasteiger partial charge in [-0.15, -0.1) is 0 Å². The lowest BCUT2D eigenvalue weighted by Crippen LogP contribution is -2.15. The van der Waals surface area contributed by atoms with Crippen LogP contribution >= 0.6 is 0 Å². The lowest BCUT2D eigenvalue weighted by Gasteiger charge is -2.06. The average molecular weight is 244 g/mol. The maximum atomic E-state index is 4.55. The van der Waals surface area contributed by atoms with Gasteiger partial charge in [-0.1, -0.05) is 13.8 Å². The standard InChI is InChI=1S/C14H20N4/c1-10(2)9-18-14-12(8-17-18)5-11(7-16-14)6-15-13-3-4-13/h5,7-8,10,13,15H,3-4,6,9H2,1-2H3. The molecule has 1 aliphatic rings. The maximum Gasteiger partial charge on any atom is 0.157 e. The highest BCUT2D eigenvalue weighted by atomic mass is 15.3. The molecule has 0 radical (unpaired) electrons. The Labute approximate surface area is 107 Å². The third kappa shape index (κ3) is 2.53. The molecule has 1 saturated carbocycles. The van der Waals surface area contributed by atoms with E-state index < -0.39 is 0 Å². The van der Waals surface area contributed by atoms with Crippen LogP contribution in [0.1, 0.15) is 32.3 Å². The number of fused-ring (bicyclic) bond motifs is 1. The molecule has 0 saturated heterocycles. The highest BCUT2D eigenvalue weighted by Crippen LogP contribution is 2.20. The molecule has 0 amide bonds. The minimum absolute atomic E-state index is 0.589. The molecular formula is C14H20N4. The SMILES string of the molecule is CC(C)Cn1ncc2cc(CNC3CC3)cnc21. The molecule has 0 aliphatic heterocycles. The molecule has 2 aromatic heterocycles. The van der Waals surface area contributed by atoms with Gasteiger partial charge >= 0.3 is 0 Å². The van der Waals surface area contributed by atoms with E-state index in [4.69, 9.17) is 0 Å². The molecule has 1 N–H and O–H groups in total.